The van der Waals surface area contributed by atoms with E-state index in [-0.39, 0.29) is 5.41 Å². The number of rotatable bonds is 7. The van der Waals surface area contributed by atoms with Gasteiger partial charge in [-0.1, -0.05) is 177 Å². The van der Waals surface area contributed by atoms with Gasteiger partial charge < -0.3 is 9.32 Å². The van der Waals surface area contributed by atoms with Crippen molar-refractivity contribution < 1.29 is 4.42 Å². The van der Waals surface area contributed by atoms with Crippen LogP contribution in [0.4, 0.5) is 11.4 Å². The molecule has 0 aliphatic heterocycles. The third-order valence-electron chi connectivity index (χ3n) is 13.3. The second-order valence-corrected chi connectivity index (χ2v) is 16.8. The Morgan fingerprint density at radius 2 is 1.07 bits per heavy atom. The molecule has 9 aromatic rings. The van der Waals surface area contributed by atoms with Crippen LogP contribution in [0.3, 0.4) is 0 Å². The molecule has 1 unspecified atom stereocenters. The predicted molar refractivity (Wildman–Crippen MR) is 250 cm³/mol. The van der Waals surface area contributed by atoms with Gasteiger partial charge in [0.05, 0.1) is 5.41 Å². The number of para-hydroxylation sites is 2. The number of nitrogens with zero attached hydrogens (tertiary/aromatic N) is 1. The number of furan rings is 1. The van der Waals surface area contributed by atoms with Crippen LogP contribution in [0.1, 0.15) is 52.3 Å². The Labute approximate surface area is 352 Å². The second kappa shape index (κ2) is 14.0. The molecule has 1 atom stereocenters. The topological polar surface area (TPSA) is 16.4 Å². The number of anilines is 2. The highest BCUT2D eigenvalue weighted by Crippen LogP contribution is 2.56. The van der Waals surface area contributed by atoms with E-state index in [1.165, 1.54) is 66.6 Å². The number of allylic oxidation sites excluding steroid dienone is 3. The van der Waals surface area contributed by atoms with Crippen molar-refractivity contribution >= 4 is 33.3 Å². The zero-order valence-corrected chi connectivity index (χ0v) is 34.2. The minimum absolute atomic E-state index is 0.248. The molecule has 2 nitrogen and oxygen atoms in total. The van der Waals surface area contributed by atoms with Gasteiger partial charge in [-0.15, -0.1) is 0 Å². The van der Waals surface area contributed by atoms with E-state index in [1.54, 1.807) is 0 Å². The fraction of sp³-hybridized carbons (Fsp3) is 0.103. The average Bonchev–Trinajstić information content (AvgIpc) is 3.82. The van der Waals surface area contributed by atoms with Crippen molar-refractivity contribution in [2.75, 3.05) is 4.90 Å². The summed E-state index contributed by atoms with van der Waals surface area (Å²) < 4.78 is 6.56. The van der Waals surface area contributed by atoms with Crippen molar-refractivity contribution in [3.05, 3.63) is 251 Å². The number of hydrogen-bond donors (Lipinski definition) is 0. The minimum Gasteiger partial charge on any atom is -0.456 e. The van der Waals surface area contributed by atoms with E-state index >= 15 is 0 Å². The molecule has 288 valence electrons. The number of hydrogen-bond acceptors (Lipinski definition) is 2. The Kier molecular flexibility index (Phi) is 8.39. The van der Waals surface area contributed by atoms with Crippen molar-refractivity contribution in [1.82, 2.24) is 0 Å². The molecule has 1 aromatic heterocycles. The molecule has 0 radical (unpaired) electrons. The molecular weight excluding hydrogens is 727 g/mol. The Hall–Kier alpha value is -7.16. The molecule has 2 heteroatoms. The molecule has 0 bridgehead atoms. The van der Waals surface area contributed by atoms with Crippen LogP contribution in [0.5, 0.6) is 0 Å². The van der Waals surface area contributed by atoms with Crippen LogP contribution >= 0.6 is 0 Å². The van der Waals surface area contributed by atoms with Crippen molar-refractivity contribution in [1.29, 1.82) is 0 Å². The number of aryl methyl sites for hydroxylation is 2. The van der Waals surface area contributed by atoms with Crippen LogP contribution in [0, 0.1) is 13.8 Å². The van der Waals surface area contributed by atoms with E-state index in [9.17, 15) is 0 Å². The zero-order valence-electron chi connectivity index (χ0n) is 34.2. The van der Waals surface area contributed by atoms with Crippen molar-refractivity contribution in [2.24, 2.45) is 0 Å². The summed E-state index contributed by atoms with van der Waals surface area (Å²) in [5.41, 5.74) is 18.6. The van der Waals surface area contributed by atoms with Crippen LogP contribution in [-0.4, -0.2) is 0 Å². The molecular formula is C58H45NO. The van der Waals surface area contributed by atoms with Crippen molar-refractivity contribution in [3.8, 4) is 22.3 Å². The highest BCUT2D eigenvalue weighted by Gasteiger charge is 2.45. The molecule has 2 aliphatic carbocycles. The quantitative estimate of drug-likeness (QED) is 0.160. The molecule has 0 amide bonds. The summed E-state index contributed by atoms with van der Waals surface area (Å²) in [5.74, 6) is 0. The van der Waals surface area contributed by atoms with Crippen molar-refractivity contribution in [3.63, 3.8) is 0 Å². The lowest BCUT2D eigenvalue weighted by Gasteiger charge is -2.35. The van der Waals surface area contributed by atoms with Crippen LogP contribution in [0.15, 0.2) is 216 Å². The molecule has 60 heavy (non-hydrogen) atoms. The molecule has 0 saturated carbocycles. The molecule has 0 N–H and O–H groups in total. The summed E-state index contributed by atoms with van der Waals surface area (Å²) in [7, 11) is 0. The Morgan fingerprint density at radius 3 is 1.77 bits per heavy atom. The largest absolute Gasteiger partial charge is 0.456 e. The third kappa shape index (κ3) is 5.48. The Bertz CT molecular complexity index is 3120. The van der Waals surface area contributed by atoms with E-state index in [1.807, 2.05) is 6.07 Å². The first kappa shape index (κ1) is 36.0. The van der Waals surface area contributed by atoms with Gasteiger partial charge in [0.1, 0.15) is 11.2 Å². The summed E-state index contributed by atoms with van der Waals surface area (Å²) in [6.07, 6.45) is 7.94. The summed E-state index contributed by atoms with van der Waals surface area (Å²) in [6, 6.07) is 68.9. The van der Waals surface area contributed by atoms with Crippen LogP contribution in [0.25, 0.3) is 44.2 Å². The third-order valence-corrected chi connectivity index (χ3v) is 13.3. The van der Waals surface area contributed by atoms with Crippen LogP contribution in [0.2, 0.25) is 0 Å². The zero-order chi connectivity index (χ0) is 40.4. The first-order valence-electron chi connectivity index (χ1n) is 21.1. The van der Waals surface area contributed by atoms with Crippen molar-refractivity contribution in [2.45, 2.75) is 38.0 Å². The van der Waals surface area contributed by atoms with Gasteiger partial charge in [0, 0.05) is 38.8 Å². The highest BCUT2D eigenvalue weighted by atomic mass is 16.3. The minimum atomic E-state index is -0.451. The van der Waals surface area contributed by atoms with Gasteiger partial charge in [0.15, 0.2) is 0 Å². The summed E-state index contributed by atoms with van der Waals surface area (Å²) in [5, 5.41) is 2.32. The van der Waals surface area contributed by atoms with Gasteiger partial charge in [0.25, 0.3) is 0 Å². The predicted octanol–water partition coefficient (Wildman–Crippen LogP) is 15.2. The van der Waals surface area contributed by atoms with Gasteiger partial charge in [-0.2, -0.15) is 0 Å². The second-order valence-electron chi connectivity index (χ2n) is 16.8. The number of benzene rings is 8. The van der Waals surface area contributed by atoms with Gasteiger partial charge >= 0.3 is 0 Å². The van der Waals surface area contributed by atoms with Gasteiger partial charge in [-0.25, -0.2) is 0 Å². The molecule has 2 aliphatic rings. The Morgan fingerprint density at radius 1 is 0.483 bits per heavy atom. The normalized spacial score (nSPS) is 16.4. The van der Waals surface area contributed by atoms with Crippen LogP contribution < -0.4 is 4.90 Å². The smallest absolute Gasteiger partial charge is 0.139 e. The number of fused-ring (bicyclic) bond motifs is 6. The summed E-state index contributed by atoms with van der Waals surface area (Å²) >= 11 is 0. The summed E-state index contributed by atoms with van der Waals surface area (Å²) in [4.78, 5) is 2.43. The molecule has 11 rings (SSSR count). The maximum absolute atomic E-state index is 6.56. The summed E-state index contributed by atoms with van der Waals surface area (Å²) in [6.45, 7) is 6.76. The average molecular weight is 772 g/mol. The van der Waals surface area contributed by atoms with Gasteiger partial charge in [-0.3, -0.25) is 0 Å². The first-order chi connectivity index (χ1) is 29.4. The fourth-order valence-electron chi connectivity index (χ4n) is 10.3. The molecule has 8 aromatic carbocycles. The van der Waals surface area contributed by atoms with E-state index in [0.29, 0.717) is 0 Å². The SMILES string of the molecule is Cc1ccccc1-c1ccc(N(C2=CCC(C)(c3cccc4c3oc3ccccc34)C=C2)c2ccc(C3(c4ccccc4)c4ccccc4-c4ccccc43)cc2)cc1C. The molecule has 0 fully saturated rings. The fourth-order valence-corrected chi connectivity index (χ4v) is 10.3. The van der Waals surface area contributed by atoms with Gasteiger partial charge in [-0.05, 0) is 112 Å². The standard InChI is InChI=1S/C58H45NO/c1-39-16-7-8-19-46(39)47-33-32-45(38-40(47)2)59(44-34-36-57(3,37-35-44)54-26-15-23-51-50-22-11-14-27-55(50)60-56(51)54)43-30-28-42(29-31-43)58(41-17-5-4-6-18-41)52-24-12-9-20-48(52)49-21-10-13-25-53(49)58/h4-36,38H,37H2,1-3H3. The van der Waals surface area contributed by atoms with E-state index in [0.717, 1.165) is 40.0 Å². The first-order valence-corrected chi connectivity index (χ1v) is 21.1. The Balaban J connectivity index is 1.04. The van der Waals surface area contributed by atoms with E-state index in [2.05, 4.69) is 226 Å². The maximum atomic E-state index is 6.56. The maximum Gasteiger partial charge on any atom is 0.139 e. The lowest BCUT2D eigenvalue weighted by Crippen LogP contribution is -2.28. The molecule has 1 heterocycles. The van der Waals surface area contributed by atoms with Gasteiger partial charge in [0.2, 0.25) is 0 Å². The van der Waals surface area contributed by atoms with E-state index < -0.39 is 5.41 Å². The monoisotopic (exact) mass is 771 g/mol. The molecule has 0 spiro atoms. The lowest BCUT2D eigenvalue weighted by molar-refractivity contribution is 0.577. The van der Waals surface area contributed by atoms with E-state index in [4.69, 9.17) is 4.42 Å². The highest BCUT2D eigenvalue weighted by molar-refractivity contribution is 6.06. The van der Waals surface area contributed by atoms with Crippen LogP contribution in [-0.2, 0) is 10.8 Å². The molecule has 0 saturated heterocycles. The lowest BCUT2D eigenvalue weighted by atomic mass is 9.67.